The van der Waals surface area contributed by atoms with Gasteiger partial charge in [0.1, 0.15) is 11.2 Å². The van der Waals surface area contributed by atoms with E-state index in [0.29, 0.717) is 11.4 Å². The molecule has 1 aliphatic rings. The Balaban J connectivity index is 1.82. The number of rotatable bonds is 7. The number of thioether (sulfide) groups is 1. The lowest BCUT2D eigenvalue weighted by atomic mass is 10.1. The van der Waals surface area contributed by atoms with E-state index in [1.165, 1.54) is 11.8 Å². The first-order chi connectivity index (χ1) is 11.5. The number of nitrogens with two attached hydrogens (primary N) is 1. The fourth-order valence-electron chi connectivity index (χ4n) is 2.26. The van der Waals surface area contributed by atoms with Gasteiger partial charge in [0.15, 0.2) is 0 Å². The third-order valence-corrected chi connectivity index (χ3v) is 4.31. The molecule has 1 fully saturated rings. The fraction of sp³-hybridized carbons (Fsp3) is 0.400. The predicted molar refractivity (Wildman–Crippen MR) is 91.4 cm³/mol. The van der Waals surface area contributed by atoms with Crippen LogP contribution in [0.25, 0.3) is 0 Å². The zero-order chi connectivity index (χ0) is 17.5. The summed E-state index contributed by atoms with van der Waals surface area (Å²) >= 11 is 1.23. The Kier molecular flexibility index (Phi) is 6.44. The molecule has 0 radical (unpaired) electrons. The fourth-order valence-corrected chi connectivity index (χ4v) is 3.16. The van der Waals surface area contributed by atoms with Gasteiger partial charge in [-0.25, -0.2) is 0 Å². The second-order valence-corrected chi connectivity index (χ2v) is 6.37. The molecule has 2 atom stereocenters. The topological polar surface area (TPSA) is 123 Å². The number of benzene rings is 1. The van der Waals surface area contributed by atoms with Crippen LogP contribution in [0.3, 0.4) is 0 Å². The lowest BCUT2D eigenvalue weighted by Crippen LogP contribution is -2.55. The van der Waals surface area contributed by atoms with Gasteiger partial charge in [0.25, 0.3) is 0 Å². The van der Waals surface area contributed by atoms with Gasteiger partial charge >= 0.3 is 0 Å². The van der Waals surface area contributed by atoms with Crippen molar-refractivity contribution < 1.29 is 19.1 Å². The molecule has 8 nitrogen and oxygen atoms in total. The van der Waals surface area contributed by atoms with Crippen molar-refractivity contribution in [2.75, 3.05) is 18.2 Å². The smallest absolute Gasteiger partial charge is 0.234 e. The Hall–Kier alpha value is -2.26. The molecular weight excluding hydrogens is 332 g/mol. The van der Waals surface area contributed by atoms with Gasteiger partial charge in [-0.1, -0.05) is 6.07 Å². The second-order valence-electron chi connectivity index (χ2n) is 5.28. The van der Waals surface area contributed by atoms with Crippen LogP contribution in [0.5, 0.6) is 5.75 Å². The monoisotopic (exact) mass is 352 g/mol. The maximum absolute atomic E-state index is 12.0. The van der Waals surface area contributed by atoms with Crippen molar-refractivity contribution in [1.29, 1.82) is 0 Å². The van der Waals surface area contributed by atoms with Gasteiger partial charge < -0.3 is 21.1 Å². The molecule has 1 aromatic carbocycles. The normalized spacial score (nSPS) is 20.1. The number of anilines is 1. The van der Waals surface area contributed by atoms with Crippen LogP contribution in [-0.2, 0) is 14.4 Å². The van der Waals surface area contributed by atoms with Crippen LogP contribution in [-0.4, -0.2) is 42.1 Å². The van der Waals surface area contributed by atoms with Gasteiger partial charge in [-0.15, -0.1) is 11.8 Å². The standard InChI is InChI=1S/C15H20N4O4S/c1-23-11-4-2-3-9(5-11)17-14(22)8-24-15-18-10(6-12(16)20)7-13(21)19-15/h2-5,10,15,18H,6-8H2,1H3,(H2,16,20)(H,17,22)(H,19,21). The second kappa shape index (κ2) is 8.55. The molecule has 1 saturated heterocycles. The molecule has 2 unspecified atom stereocenters. The van der Waals surface area contributed by atoms with E-state index in [2.05, 4.69) is 16.0 Å². The van der Waals surface area contributed by atoms with E-state index in [1.807, 2.05) is 0 Å². The number of nitrogens with one attached hydrogen (secondary N) is 3. The van der Waals surface area contributed by atoms with Crippen molar-refractivity contribution in [1.82, 2.24) is 10.6 Å². The van der Waals surface area contributed by atoms with Crippen molar-refractivity contribution in [2.24, 2.45) is 5.73 Å². The van der Waals surface area contributed by atoms with Gasteiger partial charge in [0, 0.05) is 30.6 Å². The van der Waals surface area contributed by atoms with E-state index in [1.54, 1.807) is 31.4 Å². The number of hydrogen-bond donors (Lipinski definition) is 4. The minimum Gasteiger partial charge on any atom is -0.497 e. The van der Waals surface area contributed by atoms with Crippen LogP contribution < -0.4 is 26.4 Å². The third-order valence-electron chi connectivity index (χ3n) is 3.29. The quantitative estimate of drug-likeness (QED) is 0.548. The average molecular weight is 352 g/mol. The Morgan fingerprint density at radius 1 is 1.46 bits per heavy atom. The first-order valence-electron chi connectivity index (χ1n) is 7.35. The van der Waals surface area contributed by atoms with Crippen molar-refractivity contribution in [3.63, 3.8) is 0 Å². The van der Waals surface area contributed by atoms with Gasteiger partial charge in [-0.05, 0) is 12.1 Å². The molecule has 0 aromatic heterocycles. The maximum Gasteiger partial charge on any atom is 0.234 e. The summed E-state index contributed by atoms with van der Waals surface area (Å²) < 4.78 is 5.10. The van der Waals surface area contributed by atoms with Gasteiger partial charge in [0.05, 0.1) is 12.9 Å². The molecule has 9 heteroatoms. The summed E-state index contributed by atoms with van der Waals surface area (Å²) in [4.78, 5) is 34.6. The number of hydrogen-bond acceptors (Lipinski definition) is 6. The largest absolute Gasteiger partial charge is 0.497 e. The molecule has 0 spiro atoms. The third kappa shape index (κ3) is 5.74. The summed E-state index contributed by atoms with van der Waals surface area (Å²) in [6.45, 7) is 0. The van der Waals surface area contributed by atoms with Gasteiger partial charge in [-0.2, -0.15) is 0 Å². The highest BCUT2D eigenvalue weighted by Gasteiger charge is 2.27. The van der Waals surface area contributed by atoms with Crippen LogP contribution in [0.2, 0.25) is 0 Å². The molecule has 0 bridgehead atoms. The van der Waals surface area contributed by atoms with Crippen LogP contribution in [0.1, 0.15) is 12.8 Å². The van der Waals surface area contributed by atoms with Crippen molar-refractivity contribution in [3.05, 3.63) is 24.3 Å². The number of carbonyl (C=O) groups is 3. The minimum atomic E-state index is -0.471. The highest BCUT2D eigenvalue weighted by molar-refractivity contribution is 8.00. The lowest BCUT2D eigenvalue weighted by molar-refractivity contribution is -0.124. The summed E-state index contributed by atoms with van der Waals surface area (Å²) in [5.74, 6) is -0.0666. The zero-order valence-electron chi connectivity index (χ0n) is 13.2. The maximum atomic E-state index is 12.0. The summed E-state index contributed by atoms with van der Waals surface area (Å²) in [7, 11) is 1.55. The molecule has 0 saturated carbocycles. The van der Waals surface area contributed by atoms with Crippen LogP contribution >= 0.6 is 11.8 Å². The van der Waals surface area contributed by atoms with Crippen LogP contribution in [0.15, 0.2) is 24.3 Å². The van der Waals surface area contributed by atoms with E-state index in [-0.39, 0.29) is 36.5 Å². The number of ether oxygens (including phenoxy) is 1. The molecular formula is C15H20N4O4S. The summed E-state index contributed by atoms with van der Waals surface area (Å²) in [6.07, 6.45) is 0.274. The van der Waals surface area contributed by atoms with Gasteiger partial charge in [0.2, 0.25) is 17.7 Å². The van der Waals surface area contributed by atoms with E-state index < -0.39 is 11.4 Å². The number of amides is 3. The van der Waals surface area contributed by atoms with E-state index >= 15 is 0 Å². The van der Waals surface area contributed by atoms with Crippen LogP contribution in [0.4, 0.5) is 5.69 Å². The Morgan fingerprint density at radius 2 is 2.25 bits per heavy atom. The molecule has 3 amide bonds. The first-order valence-corrected chi connectivity index (χ1v) is 8.40. The van der Waals surface area contributed by atoms with Crippen molar-refractivity contribution in [3.8, 4) is 5.75 Å². The van der Waals surface area contributed by atoms with Gasteiger partial charge in [-0.3, -0.25) is 19.7 Å². The highest BCUT2D eigenvalue weighted by atomic mass is 32.2. The number of methoxy groups -OCH3 is 1. The molecule has 1 aromatic rings. The van der Waals surface area contributed by atoms with E-state index in [4.69, 9.17) is 10.5 Å². The van der Waals surface area contributed by atoms with Crippen LogP contribution in [0, 0.1) is 0 Å². The summed E-state index contributed by atoms with van der Waals surface area (Å²) in [5.41, 5.74) is 5.35. The lowest BCUT2D eigenvalue weighted by Gasteiger charge is -2.30. The predicted octanol–water partition coefficient (Wildman–Crippen LogP) is 0.00400. The van der Waals surface area contributed by atoms with Crippen molar-refractivity contribution >= 4 is 35.2 Å². The minimum absolute atomic E-state index is 0.0838. The number of primary amides is 1. The molecule has 0 aliphatic carbocycles. The average Bonchev–Trinajstić information content (AvgIpc) is 2.52. The summed E-state index contributed by atoms with van der Waals surface area (Å²) in [6, 6.07) is 6.72. The molecule has 5 N–H and O–H groups in total. The number of carbonyl (C=O) groups excluding carboxylic acids is 3. The molecule has 24 heavy (non-hydrogen) atoms. The Morgan fingerprint density at radius 3 is 2.96 bits per heavy atom. The first kappa shape index (κ1) is 18.1. The Bertz CT molecular complexity index is 623. The van der Waals surface area contributed by atoms with Crippen molar-refractivity contribution in [2.45, 2.75) is 24.4 Å². The molecule has 130 valence electrons. The van der Waals surface area contributed by atoms with E-state index in [9.17, 15) is 14.4 Å². The SMILES string of the molecule is COc1cccc(NC(=O)CSC2NC(=O)CC(CC(N)=O)N2)c1. The summed E-state index contributed by atoms with van der Waals surface area (Å²) in [5, 5.41) is 8.56. The molecule has 1 heterocycles. The molecule has 2 rings (SSSR count). The highest BCUT2D eigenvalue weighted by Crippen LogP contribution is 2.18. The molecule has 1 aliphatic heterocycles. The zero-order valence-corrected chi connectivity index (χ0v) is 14.0. The Labute approximate surface area is 143 Å². The van der Waals surface area contributed by atoms with E-state index in [0.717, 1.165) is 0 Å².